The Kier molecular flexibility index (Phi) is 4.52. The van der Waals surface area contributed by atoms with Crippen molar-refractivity contribution in [3.05, 3.63) is 34.3 Å². The number of hydrogen-bond acceptors (Lipinski definition) is 5. The summed E-state index contributed by atoms with van der Waals surface area (Å²) in [5, 5.41) is 5.38. The molecule has 0 spiro atoms. The van der Waals surface area contributed by atoms with Crippen LogP contribution in [0.2, 0.25) is 0 Å². The lowest BCUT2D eigenvalue weighted by atomic mass is 10.3. The second-order valence-corrected chi connectivity index (χ2v) is 4.97. The predicted molar refractivity (Wildman–Crippen MR) is 74.2 cm³/mol. The molecule has 0 bridgehead atoms. The molecule has 0 aromatic carbocycles. The first-order valence-corrected chi connectivity index (χ1v) is 6.89. The minimum absolute atomic E-state index is 0.622. The molecule has 2 aromatic heterocycles. The molecule has 5 heteroatoms. The quantitative estimate of drug-likeness (QED) is 0.869. The molecule has 96 valence electrons. The molecule has 4 nitrogen and oxygen atoms in total. The monoisotopic (exact) mass is 263 g/mol. The molecule has 2 heterocycles. The van der Waals surface area contributed by atoms with Crippen molar-refractivity contribution in [1.29, 1.82) is 0 Å². The Balaban J connectivity index is 1.95. The van der Waals surface area contributed by atoms with Gasteiger partial charge in [-0.3, -0.25) is 0 Å². The number of nitrogens with one attached hydrogen (secondary N) is 1. The van der Waals surface area contributed by atoms with E-state index in [0.717, 1.165) is 18.8 Å². The van der Waals surface area contributed by atoms with E-state index in [4.69, 9.17) is 4.74 Å². The lowest BCUT2D eigenvalue weighted by Gasteiger charge is -2.07. The van der Waals surface area contributed by atoms with Gasteiger partial charge in [-0.25, -0.2) is 9.97 Å². The highest BCUT2D eigenvalue weighted by Gasteiger charge is 2.02. The summed E-state index contributed by atoms with van der Waals surface area (Å²) in [5.74, 6) is 1.42. The molecule has 0 amide bonds. The van der Waals surface area contributed by atoms with Gasteiger partial charge in [0.05, 0.1) is 13.2 Å². The smallest absolute Gasteiger partial charge is 0.218 e. The van der Waals surface area contributed by atoms with Crippen molar-refractivity contribution in [3.8, 4) is 5.88 Å². The minimum Gasteiger partial charge on any atom is -0.478 e. The van der Waals surface area contributed by atoms with Crippen molar-refractivity contribution in [1.82, 2.24) is 9.97 Å². The third-order valence-corrected chi connectivity index (χ3v) is 3.52. The van der Waals surface area contributed by atoms with Gasteiger partial charge in [-0.2, -0.15) is 0 Å². The lowest BCUT2D eigenvalue weighted by Crippen LogP contribution is -2.03. The summed E-state index contributed by atoms with van der Waals surface area (Å²) in [5.41, 5.74) is 1.31. The van der Waals surface area contributed by atoms with E-state index in [1.165, 1.54) is 16.8 Å². The van der Waals surface area contributed by atoms with Crippen LogP contribution in [-0.2, 0) is 6.54 Å². The number of anilines is 1. The topological polar surface area (TPSA) is 47.0 Å². The van der Waals surface area contributed by atoms with Crippen LogP contribution in [0.1, 0.15) is 23.8 Å². The van der Waals surface area contributed by atoms with Crippen LogP contribution < -0.4 is 10.1 Å². The number of hydrogen-bond donors (Lipinski definition) is 1. The van der Waals surface area contributed by atoms with Crippen molar-refractivity contribution in [2.24, 2.45) is 0 Å². The predicted octanol–water partition coefficient (Wildman–Crippen LogP) is 3.25. The number of rotatable bonds is 6. The van der Waals surface area contributed by atoms with Gasteiger partial charge in [0.2, 0.25) is 5.88 Å². The molecule has 0 atom stereocenters. The van der Waals surface area contributed by atoms with Gasteiger partial charge in [0, 0.05) is 10.9 Å². The number of aryl methyl sites for hydroxylation is 1. The summed E-state index contributed by atoms with van der Waals surface area (Å²) in [6.07, 6.45) is 2.50. The van der Waals surface area contributed by atoms with Crippen LogP contribution in [0, 0.1) is 6.92 Å². The Labute approximate surface area is 111 Å². The van der Waals surface area contributed by atoms with E-state index in [2.05, 4.69) is 40.6 Å². The highest BCUT2D eigenvalue weighted by Crippen LogP contribution is 2.18. The van der Waals surface area contributed by atoms with Crippen LogP contribution in [0.3, 0.4) is 0 Å². The first-order valence-electron chi connectivity index (χ1n) is 6.01. The Morgan fingerprint density at radius 3 is 3.00 bits per heavy atom. The number of thiophene rings is 1. The van der Waals surface area contributed by atoms with E-state index >= 15 is 0 Å². The van der Waals surface area contributed by atoms with E-state index in [0.29, 0.717) is 12.5 Å². The highest BCUT2D eigenvalue weighted by molar-refractivity contribution is 7.10. The summed E-state index contributed by atoms with van der Waals surface area (Å²) in [6.45, 7) is 5.65. The van der Waals surface area contributed by atoms with Crippen LogP contribution in [0.5, 0.6) is 5.88 Å². The molecule has 0 aliphatic rings. The van der Waals surface area contributed by atoms with Gasteiger partial charge in [-0.15, -0.1) is 11.3 Å². The van der Waals surface area contributed by atoms with Crippen LogP contribution in [0.4, 0.5) is 5.82 Å². The van der Waals surface area contributed by atoms with E-state index in [1.807, 2.05) is 6.07 Å². The summed E-state index contributed by atoms with van der Waals surface area (Å²) in [6, 6.07) is 3.95. The molecule has 0 saturated carbocycles. The average Bonchev–Trinajstić information content (AvgIpc) is 2.80. The SMILES string of the molecule is CCCOc1cc(NCc2sccc2C)ncn1. The number of aromatic nitrogens is 2. The van der Waals surface area contributed by atoms with E-state index < -0.39 is 0 Å². The van der Waals surface area contributed by atoms with Crippen molar-refractivity contribution in [2.45, 2.75) is 26.8 Å². The van der Waals surface area contributed by atoms with Gasteiger partial charge in [-0.05, 0) is 30.4 Å². The minimum atomic E-state index is 0.622. The van der Waals surface area contributed by atoms with Gasteiger partial charge < -0.3 is 10.1 Å². The van der Waals surface area contributed by atoms with Crippen molar-refractivity contribution in [2.75, 3.05) is 11.9 Å². The largest absolute Gasteiger partial charge is 0.478 e. The Bertz CT molecular complexity index is 498. The average molecular weight is 263 g/mol. The summed E-state index contributed by atoms with van der Waals surface area (Å²) < 4.78 is 5.47. The second-order valence-electron chi connectivity index (χ2n) is 3.97. The Hall–Kier alpha value is -1.62. The van der Waals surface area contributed by atoms with Crippen LogP contribution >= 0.6 is 11.3 Å². The molecule has 2 aromatic rings. The summed E-state index contributed by atoms with van der Waals surface area (Å²) >= 11 is 1.75. The molecule has 1 N–H and O–H groups in total. The van der Waals surface area contributed by atoms with Crippen LogP contribution in [-0.4, -0.2) is 16.6 Å². The van der Waals surface area contributed by atoms with Crippen molar-refractivity contribution >= 4 is 17.2 Å². The normalized spacial score (nSPS) is 10.3. The standard InChI is InChI=1S/C13H17N3OS/c1-3-5-17-13-7-12(15-9-16-13)14-8-11-10(2)4-6-18-11/h4,6-7,9H,3,5,8H2,1-2H3,(H,14,15,16). The molecular weight excluding hydrogens is 246 g/mol. The van der Waals surface area contributed by atoms with Gasteiger partial charge in [0.1, 0.15) is 12.1 Å². The van der Waals surface area contributed by atoms with Crippen molar-refractivity contribution in [3.63, 3.8) is 0 Å². The summed E-state index contributed by atoms with van der Waals surface area (Å²) in [4.78, 5) is 9.57. The van der Waals surface area contributed by atoms with E-state index in [9.17, 15) is 0 Å². The molecule has 0 radical (unpaired) electrons. The highest BCUT2D eigenvalue weighted by atomic mass is 32.1. The molecule has 0 aliphatic carbocycles. The molecule has 0 unspecified atom stereocenters. The first-order chi connectivity index (χ1) is 8.79. The summed E-state index contributed by atoms with van der Waals surface area (Å²) in [7, 11) is 0. The van der Waals surface area contributed by atoms with Crippen LogP contribution in [0.25, 0.3) is 0 Å². The fourth-order valence-electron chi connectivity index (χ4n) is 1.48. The molecule has 0 saturated heterocycles. The zero-order chi connectivity index (χ0) is 12.8. The lowest BCUT2D eigenvalue weighted by molar-refractivity contribution is 0.305. The Morgan fingerprint density at radius 2 is 2.28 bits per heavy atom. The van der Waals surface area contributed by atoms with Crippen LogP contribution in [0.15, 0.2) is 23.8 Å². The van der Waals surface area contributed by atoms with Crippen molar-refractivity contribution < 1.29 is 4.74 Å². The Morgan fingerprint density at radius 1 is 1.39 bits per heavy atom. The maximum Gasteiger partial charge on any atom is 0.218 e. The van der Waals surface area contributed by atoms with Gasteiger partial charge >= 0.3 is 0 Å². The molecule has 18 heavy (non-hydrogen) atoms. The fraction of sp³-hybridized carbons (Fsp3) is 0.385. The first kappa shape index (κ1) is 12.8. The molecule has 2 rings (SSSR count). The third-order valence-electron chi connectivity index (χ3n) is 2.49. The number of nitrogens with zero attached hydrogens (tertiary/aromatic N) is 2. The molecule has 0 aliphatic heterocycles. The fourth-order valence-corrected chi connectivity index (χ4v) is 2.32. The van der Waals surface area contributed by atoms with Gasteiger partial charge in [0.25, 0.3) is 0 Å². The maximum atomic E-state index is 5.47. The molecular formula is C13H17N3OS. The van der Waals surface area contributed by atoms with Gasteiger partial charge in [0.15, 0.2) is 0 Å². The zero-order valence-electron chi connectivity index (χ0n) is 10.6. The maximum absolute atomic E-state index is 5.47. The number of ether oxygens (including phenoxy) is 1. The third kappa shape index (κ3) is 3.43. The zero-order valence-corrected chi connectivity index (χ0v) is 11.5. The second kappa shape index (κ2) is 6.35. The van der Waals surface area contributed by atoms with Gasteiger partial charge in [-0.1, -0.05) is 6.92 Å². The van der Waals surface area contributed by atoms with E-state index in [1.54, 1.807) is 11.3 Å². The molecule has 0 fully saturated rings. The van der Waals surface area contributed by atoms with E-state index in [-0.39, 0.29) is 0 Å².